The highest BCUT2D eigenvalue weighted by atomic mass is 127. The molecule has 8 heteroatoms. The van der Waals surface area contributed by atoms with Crippen LogP contribution in [0.3, 0.4) is 0 Å². The minimum atomic E-state index is -1.04. The zero-order valence-electron chi connectivity index (χ0n) is 10.8. The Morgan fingerprint density at radius 1 is 1.20 bits per heavy atom. The maximum absolute atomic E-state index is 12.1. The third kappa shape index (κ3) is 3.48. The van der Waals surface area contributed by atoms with Crippen molar-refractivity contribution in [2.45, 2.75) is 19.8 Å². The number of hydrogen-bond acceptors (Lipinski definition) is 3. The number of nitrogens with two attached hydrogens (primary N) is 1. The Hall–Kier alpha value is 0.150. The fourth-order valence-electron chi connectivity index (χ4n) is 1.66. The quantitative estimate of drug-likeness (QED) is 0.402. The lowest BCUT2D eigenvalue weighted by Gasteiger charge is -2.23. The first-order valence-electron chi connectivity index (χ1n) is 5.69. The van der Waals surface area contributed by atoms with Crippen molar-refractivity contribution < 1.29 is 14.7 Å². The second-order valence-corrected chi connectivity index (χ2v) is 7.32. The lowest BCUT2D eigenvalue weighted by Crippen LogP contribution is -2.28. The van der Waals surface area contributed by atoms with Crippen molar-refractivity contribution >= 4 is 91.0 Å². The summed E-state index contributed by atoms with van der Waals surface area (Å²) in [5, 5.41) is 9.34. The Labute approximate surface area is 158 Å². The molecular formula is C12H13I3N2O3. The number of nitrogens with zero attached hydrogens (tertiary/aromatic N) is 1. The SMILES string of the molecule is CCCC(=O)N(C)c1c(I)c(N)c(I)c(C(=O)O)c1I. The maximum Gasteiger partial charge on any atom is 0.338 e. The highest BCUT2D eigenvalue weighted by Crippen LogP contribution is 2.39. The van der Waals surface area contributed by atoms with Crippen LogP contribution in [0.4, 0.5) is 11.4 Å². The van der Waals surface area contributed by atoms with Crippen LogP contribution in [-0.4, -0.2) is 24.0 Å². The van der Waals surface area contributed by atoms with Gasteiger partial charge in [0.25, 0.3) is 0 Å². The summed E-state index contributed by atoms with van der Waals surface area (Å²) in [5.74, 6) is -1.10. The Morgan fingerprint density at radius 3 is 2.20 bits per heavy atom. The standard InChI is InChI=1S/C12H13I3N2O3/c1-3-4-5(18)17(2)11-8(14)6(12(19)20)7(13)10(16)9(11)15/h3-4,16H2,1-2H3,(H,19,20). The van der Waals surface area contributed by atoms with Gasteiger partial charge in [-0.05, 0) is 74.2 Å². The van der Waals surface area contributed by atoms with E-state index in [0.717, 1.165) is 6.42 Å². The summed E-state index contributed by atoms with van der Waals surface area (Å²) in [6.45, 7) is 1.92. The van der Waals surface area contributed by atoms with Gasteiger partial charge in [-0.1, -0.05) is 6.92 Å². The average molecular weight is 614 g/mol. The fourth-order valence-corrected chi connectivity index (χ4v) is 6.01. The molecule has 0 saturated carbocycles. The Morgan fingerprint density at radius 2 is 1.75 bits per heavy atom. The zero-order chi connectivity index (χ0) is 15.6. The molecule has 5 nitrogen and oxygen atoms in total. The molecule has 110 valence electrons. The molecular weight excluding hydrogens is 601 g/mol. The number of carboxylic acid groups (broad SMARTS) is 1. The van der Waals surface area contributed by atoms with Gasteiger partial charge in [-0.3, -0.25) is 4.79 Å². The van der Waals surface area contributed by atoms with Gasteiger partial charge in [-0.25, -0.2) is 4.79 Å². The normalized spacial score (nSPS) is 10.4. The molecule has 0 aliphatic heterocycles. The first-order valence-corrected chi connectivity index (χ1v) is 8.93. The highest BCUT2D eigenvalue weighted by molar-refractivity contribution is 14.1. The molecule has 1 aromatic rings. The number of aromatic carboxylic acids is 1. The van der Waals surface area contributed by atoms with E-state index in [9.17, 15) is 14.7 Å². The number of benzene rings is 1. The molecule has 0 unspecified atom stereocenters. The largest absolute Gasteiger partial charge is 0.478 e. The van der Waals surface area contributed by atoms with Gasteiger partial charge in [0.1, 0.15) is 0 Å². The Bertz CT molecular complexity index is 576. The summed E-state index contributed by atoms with van der Waals surface area (Å²) in [4.78, 5) is 25.0. The first-order chi connectivity index (χ1) is 9.23. The molecule has 0 heterocycles. The first kappa shape index (κ1) is 18.2. The van der Waals surface area contributed by atoms with Gasteiger partial charge < -0.3 is 15.7 Å². The lowest BCUT2D eigenvalue weighted by molar-refractivity contribution is -0.118. The van der Waals surface area contributed by atoms with Crippen LogP contribution in [-0.2, 0) is 4.79 Å². The summed E-state index contributed by atoms with van der Waals surface area (Å²) in [6, 6.07) is 0. The van der Waals surface area contributed by atoms with E-state index in [1.807, 2.05) is 52.1 Å². The van der Waals surface area contributed by atoms with Crippen molar-refractivity contribution in [3.8, 4) is 0 Å². The van der Waals surface area contributed by atoms with Crippen LogP contribution in [0.25, 0.3) is 0 Å². The highest BCUT2D eigenvalue weighted by Gasteiger charge is 2.26. The van der Waals surface area contributed by atoms with Gasteiger partial charge >= 0.3 is 5.97 Å². The molecule has 1 aromatic carbocycles. The molecule has 0 fully saturated rings. The van der Waals surface area contributed by atoms with Crippen LogP contribution in [0.15, 0.2) is 0 Å². The van der Waals surface area contributed by atoms with Gasteiger partial charge in [-0.15, -0.1) is 0 Å². The van der Waals surface area contributed by atoms with E-state index in [1.54, 1.807) is 7.05 Å². The topological polar surface area (TPSA) is 83.6 Å². The minimum absolute atomic E-state index is 0.0553. The number of rotatable bonds is 4. The van der Waals surface area contributed by atoms with E-state index in [1.165, 1.54) is 4.90 Å². The Balaban J connectivity index is 3.55. The third-order valence-electron chi connectivity index (χ3n) is 2.71. The molecule has 20 heavy (non-hydrogen) atoms. The van der Waals surface area contributed by atoms with E-state index in [-0.39, 0.29) is 11.5 Å². The van der Waals surface area contributed by atoms with Crippen molar-refractivity contribution in [3.63, 3.8) is 0 Å². The number of nitrogen functional groups attached to an aromatic ring is 1. The van der Waals surface area contributed by atoms with Crippen molar-refractivity contribution in [3.05, 3.63) is 16.3 Å². The van der Waals surface area contributed by atoms with Crippen molar-refractivity contribution in [1.82, 2.24) is 0 Å². The second kappa shape index (κ2) is 7.42. The molecule has 3 N–H and O–H groups in total. The zero-order valence-corrected chi connectivity index (χ0v) is 17.3. The lowest BCUT2D eigenvalue weighted by atomic mass is 10.1. The van der Waals surface area contributed by atoms with E-state index in [2.05, 4.69) is 22.6 Å². The molecule has 1 amide bonds. The number of halogens is 3. The van der Waals surface area contributed by atoms with Crippen LogP contribution in [0, 0.1) is 10.7 Å². The summed E-state index contributed by atoms with van der Waals surface area (Å²) in [6.07, 6.45) is 1.15. The molecule has 0 bridgehead atoms. The Kier molecular flexibility index (Phi) is 6.76. The number of carboxylic acids is 1. The number of amides is 1. The predicted octanol–water partition coefficient (Wildman–Crippen LogP) is 3.54. The van der Waals surface area contributed by atoms with Crippen molar-refractivity contribution in [2.75, 3.05) is 17.7 Å². The van der Waals surface area contributed by atoms with Gasteiger partial charge in [0.05, 0.1) is 27.6 Å². The fraction of sp³-hybridized carbons (Fsp3) is 0.333. The number of carbonyl (C=O) groups is 2. The molecule has 0 spiro atoms. The molecule has 0 atom stereocenters. The summed E-state index contributed by atoms with van der Waals surface area (Å²) >= 11 is 5.94. The van der Waals surface area contributed by atoms with Gasteiger partial charge in [0.2, 0.25) is 5.91 Å². The molecule has 0 aromatic heterocycles. The minimum Gasteiger partial charge on any atom is -0.478 e. The monoisotopic (exact) mass is 614 g/mol. The second-order valence-electron chi connectivity index (χ2n) is 4.09. The van der Waals surface area contributed by atoms with Gasteiger partial charge in [-0.2, -0.15) is 0 Å². The van der Waals surface area contributed by atoms with E-state index in [0.29, 0.717) is 28.5 Å². The molecule has 0 aliphatic rings. The number of carbonyl (C=O) groups excluding carboxylic acids is 1. The van der Waals surface area contributed by atoms with Crippen LogP contribution >= 0.6 is 67.8 Å². The van der Waals surface area contributed by atoms with Crippen LogP contribution < -0.4 is 10.6 Å². The summed E-state index contributed by atoms with van der Waals surface area (Å²) < 4.78 is 1.74. The molecule has 0 radical (unpaired) electrons. The molecule has 0 aliphatic carbocycles. The van der Waals surface area contributed by atoms with Gasteiger partial charge in [0.15, 0.2) is 0 Å². The average Bonchev–Trinajstić information content (AvgIpc) is 2.36. The molecule has 1 rings (SSSR count). The smallest absolute Gasteiger partial charge is 0.338 e. The summed E-state index contributed by atoms with van der Waals surface area (Å²) in [5.41, 5.74) is 7.10. The summed E-state index contributed by atoms with van der Waals surface area (Å²) in [7, 11) is 1.65. The van der Waals surface area contributed by atoms with Crippen LogP contribution in [0.5, 0.6) is 0 Å². The predicted molar refractivity (Wildman–Crippen MR) is 104 cm³/mol. The van der Waals surface area contributed by atoms with Crippen LogP contribution in [0.2, 0.25) is 0 Å². The van der Waals surface area contributed by atoms with Crippen molar-refractivity contribution in [2.24, 2.45) is 0 Å². The van der Waals surface area contributed by atoms with E-state index < -0.39 is 5.97 Å². The maximum atomic E-state index is 12.1. The molecule has 0 saturated heterocycles. The van der Waals surface area contributed by atoms with E-state index in [4.69, 9.17) is 5.73 Å². The third-order valence-corrected chi connectivity index (χ3v) is 5.98. The van der Waals surface area contributed by atoms with Crippen molar-refractivity contribution in [1.29, 1.82) is 0 Å². The van der Waals surface area contributed by atoms with E-state index >= 15 is 0 Å². The number of hydrogen-bond donors (Lipinski definition) is 2. The van der Waals surface area contributed by atoms with Crippen LogP contribution in [0.1, 0.15) is 30.1 Å². The van der Waals surface area contributed by atoms with Gasteiger partial charge in [0, 0.05) is 13.5 Å². The number of anilines is 2.